The van der Waals surface area contributed by atoms with Crippen LogP contribution in [-0.4, -0.2) is 8.07 Å². The Morgan fingerprint density at radius 3 is 2.46 bits per heavy atom. The highest BCUT2D eigenvalue weighted by molar-refractivity contribution is 7.61. The van der Waals surface area contributed by atoms with Gasteiger partial charge in [-0.2, -0.15) is 0 Å². The molecule has 2 aromatic rings. The maximum atomic E-state index is 2.42. The van der Waals surface area contributed by atoms with E-state index in [-0.39, 0.29) is 0 Å². The zero-order chi connectivity index (χ0) is 9.47. The second-order valence-electron chi connectivity index (χ2n) is 4.24. The Labute approximate surface area is 85.7 Å². The lowest BCUT2D eigenvalue weighted by atomic mass is 10.4. The number of rotatable bonds is 1. The highest BCUT2D eigenvalue weighted by atomic mass is 32.1. The van der Waals surface area contributed by atoms with Gasteiger partial charge in [-0.05, 0) is 12.1 Å². The molecule has 0 N–H and O–H groups in total. The van der Waals surface area contributed by atoms with Gasteiger partial charge in [0.1, 0.15) is 0 Å². The molecule has 0 aliphatic rings. The van der Waals surface area contributed by atoms with Gasteiger partial charge in [-0.3, -0.25) is 0 Å². The molecule has 0 saturated carbocycles. The van der Waals surface area contributed by atoms with E-state index in [1.54, 1.807) is 4.23 Å². The first-order chi connectivity index (χ1) is 6.07. The van der Waals surface area contributed by atoms with Crippen LogP contribution in [0.4, 0.5) is 0 Å². The summed E-state index contributed by atoms with van der Waals surface area (Å²) in [5.74, 6) is 0. The summed E-state index contributed by atoms with van der Waals surface area (Å²) in [5.41, 5.74) is 0. The van der Waals surface area contributed by atoms with E-state index in [1.165, 1.54) is 18.0 Å². The van der Waals surface area contributed by atoms with E-state index in [9.17, 15) is 0 Å². The van der Waals surface area contributed by atoms with E-state index < -0.39 is 8.07 Å². The van der Waals surface area contributed by atoms with Crippen LogP contribution in [0.15, 0.2) is 24.3 Å². The zero-order valence-electron chi connectivity index (χ0n) is 8.16. The monoisotopic (exact) mass is 224 g/mol. The molecule has 1 heterocycles. The van der Waals surface area contributed by atoms with E-state index in [1.807, 2.05) is 11.3 Å². The third-order valence-electron chi connectivity index (χ3n) is 1.94. The standard InChI is InChI=1S/C10H13PSSi/c1-13(2,3)10-11-8-6-4-5-7-9(8)12-10/h4-7H,1-3H3. The predicted molar refractivity (Wildman–Crippen MR) is 67.3 cm³/mol. The molecule has 0 bridgehead atoms. The van der Waals surface area contributed by atoms with Crippen LogP contribution in [0, 0.1) is 0 Å². The first kappa shape index (κ1) is 9.38. The lowest BCUT2D eigenvalue weighted by molar-refractivity contribution is 1.82. The molecule has 0 radical (unpaired) electrons. The van der Waals surface area contributed by atoms with Crippen molar-refractivity contribution in [3.05, 3.63) is 24.3 Å². The lowest BCUT2D eigenvalue weighted by Gasteiger charge is -2.11. The number of hydrogen-bond acceptors (Lipinski definition) is 1. The molecule has 0 fully saturated rings. The summed E-state index contributed by atoms with van der Waals surface area (Å²) in [6, 6.07) is 8.76. The summed E-state index contributed by atoms with van der Waals surface area (Å²) < 4.78 is 3.18. The number of benzene rings is 1. The summed E-state index contributed by atoms with van der Waals surface area (Å²) in [4.78, 5) is 0. The molecule has 0 aliphatic heterocycles. The molecule has 68 valence electrons. The third-order valence-corrected chi connectivity index (χ3v) is 10.0. The smallest absolute Gasteiger partial charge is 0.0964 e. The largest absolute Gasteiger partial charge is 0.140 e. The molecule has 1 aromatic carbocycles. The molecule has 0 unspecified atom stereocenters. The Bertz CT molecular complexity index is 395. The number of hydrogen-bond donors (Lipinski definition) is 0. The first-order valence-electron chi connectivity index (χ1n) is 4.43. The Morgan fingerprint density at radius 1 is 1.15 bits per heavy atom. The lowest BCUT2D eigenvalue weighted by Crippen LogP contribution is -2.32. The molecule has 0 atom stereocenters. The topological polar surface area (TPSA) is 0 Å². The highest BCUT2D eigenvalue weighted by Crippen LogP contribution is 2.29. The molecular formula is C10H13PSSi. The van der Waals surface area contributed by atoms with Gasteiger partial charge in [-0.15, -0.1) is 11.3 Å². The van der Waals surface area contributed by atoms with E-state index in [0.717, 1.165) is 0 Å². The highest BCUT2D eigenvalue weighted by Gasteiger charge is 2.19. The summed E-state index contributed by atoms with van der Waals surface area (Å²) >= 11 is 2.01. The van der Waals surface area contributed by atoms with Crippen LogP contribution < -0.4 is 4.23 Å². The van der Waals surface area contributed by atoms with Gasteiger partial charge in [0, 0.05) is 14.1 Å². The van der Waals surface area contributed by atoms with Crippen molar-refractivity contribution >= 4 is 41.7 Å². The molecule has 0 aliphatic carbocycles. The first-order valence-corrected chi connectivity index (χ1v) is 9.64. The van der Waals surface area contributed by atoms with Crippen molar-refractivity contribution in [3.8, 4) is 0 Å². The van der Waals surface area contributed by atoms with Gasteiger partial charge >= 0.3 is 0 Å². The molecule has 0 spiro atoms. The average Bonchev–Trinajstić information content (AvgIpc) is 2.45. The van der Waals surface area contributed by atoms with Gasteiger partial charge in [0.25, 0.3) is 0 Å². The molecule has 3 heteroatoms. The summed E-state index contributed by atoms with van der Waals surface area (Å²) in [5, 5.41) is 1.50. The van der Waals surface area contributed by atoms with Crippen molar-refractivity contribution < 1.29 is 0 Å². The van der Waals surface area contributed by atoms with Gasteiger partial charge in [0.2, 0.25) is 0 Å². The predicted octanol–water partition coefficient (Wildman–Crippen LogP) is 4.03. The fraction of sp³-hybridized carbons (Fsp3) is 0.300. The Hall–Kier alpha value is -0.173. The van der Waals surface area contributed by atoms with Crippen LogP contribution in [0.1, 0.15) is 0 Å². The minimum Gasteiger partial charge on any atom is -0.140 e. The number of fused-ring (bicyclic) bond motifs is 1. The van der Waals surface area contributed by atoms with E-state index in [0.29, 0.717) is 0 Å². The molecular weight excluding hydrogens is 211 g/mol. The van der Waals surface area contributed by atoms with E-state index in [4.69, 9.17) is 0 Å². The van der Waals surface area contributed by atoms with Crippen molar-refractivity contribution in [1.29, 1.82) is 0 Å². The van der Waals surface area contributed by atoms with Gasteiger partial charge in [-0.1, -0.05) is 40.0 Å². The fourth-order valence-corrected chi connectivity index (χ4v) is 6.59. The van der Waals surface area contributed by atoms with Crippen LogP contribution in [0.5, 0.6) is 0 Å². The van der Waals surface area contributed by atoms with Gasteiger partial charge in [0.15, 0.2) is 0 Å². The van der Waals surface area contributed by atoms with Crippen LogP contribution in [0.2, 0.25) is 19.6 Å². The third kappa shape index (κ3) is 1.85. The van der Waals surface area contributed by atoms with Gasteiger partial charge in [-0.25, -0.2) is 0 Å². The summed E-state index contributed by atoms with van der Waals surface area (Å²) in [7, 11) is 0.419. The van der Waals surface area contributed by atoms with Crippen LogP contribution in [0.25, 0.3) is 9.82 Å². The molecule has 1 aromatic heterocycles. The minimum atomic E-state index is -1.05. The Morgan fingerprint density at radius 2 is 1.85 bits per heavy atom. The van der Waals surface area contributed by atoms with Gasteiger partial charge in [0.05, 0.1) is 8.07 Å². The second kappa shape index (κ2) is 3.20. The minimum absolute atomic E-state index is 1.05. The quantitative estimate of drug-likeness (QED) is 0.642. The summed E-state index contributed by atoms with van der Waals surface area (Å²) in [6.07, 6.45) is 0. The van der Waals surface area contributed by atoms with E-state index >= 15 is 0 Å². The Kier molecular flexibility index (Phi) is 2.31. The zero-order valence-corrected chi connectivity index (χ0v) is 10.9. The van der Waals surface area contributed by atoms with Crippen LogP contribution in [0.3, 0.4) is 0 Å². The van der Waals surface area contributed by atoms with Crippen molar-refractivity contribution in [1.82, 2.24) is 0 Å². The maximum Gasteiger partial charge on any atom is 0.0964 e. The van der Waals surface area contributed by atoms with Crippen LogP contribution in [-0.2, 0) is 0 Å². The normalized spacial score (nSPS) is 12.8. The molecule has 0 nitrogen and oxygen atoms in total. The molecule has 0 amide bonds. The molecule has 0 saturated heterocycles. The van der Waals surface area contributed by atoms with E-state index in [2.05, 4.69) is 43.9 Å². The maximum absolute atomic E-state index is 2.42. The second-order valence-corrected chi connectivity index (χ2v) is 12.5. The van der Waals surface area contributed by atoms with Gasteiger partial charge < -0.3 is 0 Å². The van der Waals surface area contributed by atoms with Crippen molar-refractivity contribution in [3.63, 3.8) is 0 Å². The summed E-state index contributed by atoms with van der Waals surface area (Å²) in [6.45, 7) is 7.27. The van der Waals surface area contributed by atoms with Crippen LogP contribution >= 0.6 is 19.5 Å². The molecule has 13 heavy (non-hydrogen) atoms. The SMILES string of the molecule is C[Si](C)(C)c1pc2ccccc2s1. The molecule has 2 rings (SSSR count). The van der Waals surface area contributed by atoms with Crippen molar-refractivity contribution in [2.24, 2.45) is 0 Å². The fourth-order valence-electron chi connectivity index (χ4n) is 1.19. The van der Waals surface area contributed by atoms with Crippen molar-refractivity contribution in [2.75, 3.05) is 0 Å². The Balaban J connectivity index is 2.63. The van der Waals surface area contributed by atoms with Crippen molar-refractivity contribution in [2.45, 2.75) is 19.6 Å². The average molecular weight is 224 g/mol.